The molecule has 0 bridgehead atoms. The van der Waals surface area contributed by atoms with Gasteiger partial charge in [0.15, 0.2) is 0 Å². The lowest BCUT2D eigenvalue weighted by Crippen LogP contribution is -2.23. The second kappa shape index (κ2) is 10.3. The molecule has 1 aliphatic carbocycles. The number of amides is 1. The molecule has 1 heterocycles. The number of nitrogens with zero attached hydrogens (tertiary/aromatic N) is 2. The summed E-state index contributed by atoms with van der Waals surface area (Å²) in [5, 5.41) is 2.75. The van der Waals surface area contributed by atoms with E-state index in [1.165, 1.54) is 25.8 Å². The molecule has 0 spiro atoms. The van der Waals surface area contributed by atoms with Crippen LogP contribution in [0.5, 0.6) is 23.3 Å². The van der Waals surface area contributed by atoms with E-state index in [9.17, 15) is 9.18 Å². The van der Waals surface area contributed by atoms with Gasteiger partial charge in [0.2, 0.25) is 5.91 Å². The Balaban J connectivity index is 1.32. The van der Waals surface area contributed by atoms with Gasteiger partial charge in [0.05, 0.1) is 12.6 Å². The van der Waals surface area contributed by atoms with E-state index in [2.05, 4.69) is 15.3 Å². The van der Waals surface area contributed by atoms with Crippen LogP contribution in [0.4, 0.5) is 4.39 Å². The van der Waals surface area contributed by atoms with Crippen LogP contribution in [0.15, 0.2) is 54.9 Å². The van der Waals surface area contributed by atoms with Gasteiger partial charge in [-0.3, -0.25) is 4.79 Å². The number of carbonyl (C=O) groups excluding carboxylic acids is 1. The standard InChI is InChI=1S/C25H26FN3O4/c1-16(29-17(2)30)20-12-27-25(28-13-20)32-15-19-8-9-23(11-24(19)26)33-22-5-3-4-21(10-22)31-14-18-6-7-18/h3-5,8-13,16,18H,6-7,14-15H2,1-2H3,(H,29,30). The molecule has 172 valence electrons. The monoisotopic (exact) mass is 451 g/mol. The average Bonchev–Trinajstić information content (AvgIpc) is 3.62. The average molecular weight is 451 g/mol. The molecule has 1 amide bonds. The molecular weight excluding hydrogens is 425 g/mol. The molecule has 1 saturated carbocycles. The van der Waals surface area contributed by atoms with Gasteiger partial charge >= 0.3 is 6.01 Å². The topological polar surface area (TPSA) is 82.6 Å². The van der Waals surface area contributed by atoms with Gasteiger partial charge < -0.3 is 19.5 Å². The Labute approximate surface area is 191 Å². The molecule has 2 aromatic carbocycles. The lowest BCUT2D eigenvalue weighted by Gasteiger charge is -2.12. The minimum atomic E-state index is -0.454. The number of benzene rings is 2. The molecule has 1 aliphatic rings. The third-order valence-electron chi connectivity index (χ3n) is 5.17. The van der Waals surface area contributed by atoms with Crippen molar-refractivity contribution in [3.8, 4) is 23.3 Å². The molecule has 1 fully saturated rings. The van der Waals surface area contributed by atoms with E-state index in [-0.39, 0.29) is 24.6 Å². The predicted octanol–water partition coefficient (Wildman–Crippen LogP) is 4.97. The van der Waals surface area contributed by atoms with Crippen LogP contribution in [-0.4, -0.2) is 22.5 Å². The van der Waals surface area contributed by atoms with Gasteiger partial charge in [-0.25, -0.2) is 14.4 Å². The van der Waals surface area contributed by atoms with E-state index in [1.807, 2.05) is 19.1 Å². The summed E-state index contributed by atoms with van der Waals surface area (Å²) < 4.78 is 31.6. The number of carbonyl (C=O) groups is 1. The Bertz CT molecular complexity index is 1100. The van der Waals surface area contributed by atoms with Crippen LogP contribution in [0.1, 0.15) is 43.9 Å². The maximum atomic E-state index is 14.6. The van der Waals surface area contributed by atoms with Gasteiger partial charge in [0, 0.05) is 42.6 Å². The van der Waals surface area contributed by atoms with Crippen molar-refractivity contribution in [2.45, 2.75) is 39.3 Å². The van der Waals surface area contributed by atoms with Crippen molar-refractivity contribution in [1.82, 2.24) is 15.3 Å². The molecule has 0 saturated heterocycles. The maximum Gasteiger partial charge on any atom is 0.316 e. The van der Waals surface area contributed by atoms with Crippen LogP contribution in [0, 0.1) is 11.7 Å². The highest BCUT2D eigenvalue weighted by molar-refractivity contribution is 5.73. The van der Waals surface area contributed by atoms with Gasteiger partial charge in [0.25, 0.3) is 0 Å². The van der Waals surface area contributed by atoms with E-state index in [1.54, 1.807) is 36.7 Å². The largest absolute Gasteiger partial charge is 0.493 e. The SMILES string of the molecule is CC(=O)NC(C)c1cnc(OCc2ccc(Oc3cccc(OCC4CC4)c3)cc2F)nc1. The number of hydrogen-bond acceptors (Lipinski definition) is 6. The first-order valence-corrected chi connectivity index (χ1v) is 10.9. The summed E-state index contributed by atoms with van der Waals surface area (Å²) in [6, 6.07) is 11.8. The van der Waals surface area contributed by atoms with E-state index in [4.69, 9.17) is 14.2 Å². The fourth-order valence-corrected chi connectivity index (χ4v) is 3.13. The highest BCUT2D eigenvalue weighted by Gasteiger charge is 2.22. The molecule has 7 nitrogen and oxygen atoms in total. The van der Waals surface area contributed by atoms with Crippen molar-refractivity contribution >= 4 is 5.91 Å². The third kappa shape index (κ3) is 6.65. The Morgan fingerprint density at radius 3 is 2.52 bits per heavy atom. The molecule has 1 unspecified atom stereocenters. The second-order valence-electron chi connectivity index (χ2n) is 8.09. The Morgan fingerprint density at radius 1 is 1.09 bits per heavy atom. The van der Waals surface area contributed by atoms with Crippen molar-refractivity contribution in [2.24, 2.45) is 5.92 Å². The zero-order valence-electron chi connectivity index (χ0n) is 18.6. The van der Waals surface area contributed by atoms with Crippen molar-refractivity contribution < 1.29 is 23.4 Å². The molecule has 0 radical (unpaired) electrons. The van der Waals surface area contributed by atoms with Gasteiger partial charge in [-0.1, -0.05) is 6.07 Å². The van der Waals surface area contributed by atoms with Crippen LogP contribution >= 0.6 is 0 Å². The minimum absolute atomic E-state index is 0.0306. The Morgan fingerprint density at radius 2 is 1.82 bits per heavy atom. The van der Waals surface area contributed by atoms with E-state index >= 15 is 0 Å². The number of hydrogen-bond donors (Lipinski definition) is 1. The van der Waals surface area contributed by atoms with Crippen molar-refractivity contribution in [1.29, 1.82) is 0 Å². The van der Waals surface area contributed by atoms with Crippen LogP contribution in [0.2, 0.25) is 0 Å². The molecular formula is C25H26FN3O4. The molecule has 3 aromatic rings. The highest BCUT2D eigenvalue weighted by Crippen LogP contribution is 2.31. The van der Waals surface area contributed by atoms with Crippen LogP contribution in [-0.2, 0) is 11.4 Å². The van der Waals surface area contributed by atoms with Crippen LogP contribution in [0.25, 0.3) is 0 Å². The van der Waals surface area contributed by atoms with Crippen molar-refractivity contribution in [3.05, 3.63) is 71.8 Å². The van der Waals surface area contributed by atoms with E-state index in [0.29, 0.717) is 29.6 Å². The number of aromatic nitrogens is 2. The molecule has 8 heteroatoms. The lowest BCUT2D eigenvalue weighted by molar-refractivity contribution is -0.119. The molecule has 33 heavy (non-hydrogen) atoms. The number of rotatable bonds is 10. The third-order valence-corrected chi connectivity index (χ3v) is 5.17. The first-order chi connectivity index (χ1) is 16.0. The second-order valence-corrected chi connectivity index (χ2v) is 8.09. The van der Waals surface area contributed by atoms with Crippen molar-refractivity contribution in [3.63, 3.8) is 0 Å². The van der Waals surface area contributed by atoms with Gasteiger partial charge in [-0.2, -0.15) is 0 Å². The fraction of sp³-hybridized carbons (Fsp3) is 0.320. The first kappa shape index (κ1) is 22.5. The number of halogens is 1. The lowest BCUT2D eigenvalue weighted by atomic mass is 10.2. The zero-order valence-corrected chi connectivity index (χ0v) is 18.6. The van der Waals surface area contributed by atoms with E-state index in [0.717, 1.165) is 11.3 Å². The highest BCUT2D eigenvalue weighted by atomic mass is 19.1. The fourth-order valence-electron chi connectivity index (χ4n) is 3.13. The minimum Gasteiger partial charge on any atom is -0.493 e. The normalized spacial score (nSPS) is 13.8. The smallest absolute Gasteiger partial charge is 0.316 e. The summed E-state index contributed by atoms with van der Waals surface area (Å²) in [7, 11) is 0. The summed E-state index contributed by atoms with van der Waals surface area (Å²) >= 11 is 0. The van der Waals surface area contributed by atoms with Gasteiger partial charge in [0.1, 0.15) is 29.7 Å². The number of nitrogens with one attached hydrogen (secondary N) is 1. The Kier molecular flexibility index (Phi) is 7.02. The summed E-state index contributed by atoms with van der Waals surface area (Å²) in [6.07, 6.45) is 5.58. The molecule has 1 aromatic heterocycles. The van der Waals surface area contributed by atoms with Crippen LogP contribution in [0.3, 0.4) is 0 Å². The molecule has 4 rings (SSSR count). The summed E-state index contributed by atoms with van der Waals surface area (Å²) in [5.41, 5.74) is 1.09. The van der Waals surface area contributed by atoms with Crippen molar-refractivity contribution in [2.75, 3.05) is 6.61 Å². The molecule has 1 N–H and O–H groups in total. The quantitative estimate of drug-likeness (QED) is 0.469. The molecule has 0 aliphatic heterocycles. The molecule has 1 atom stereocenters. The van der Waals surface area contributed by atoms with Gasteiger partial charge in [-0.05, 0) is 49.9 Å². The number of ether oxygens (including phenoxy) is 3. The zero-order chi connectivity index (χ0) is 23.2. The summed E-state index contributed by atoms with van der Waals surface area (Å²) in [5.74, 6) is 1.76. The first-order valence-electron chi connectivity index (χ1n) is 10.9. The summed E-state index contributed by atoms with van der Waals surface area (Å²) in [4.78, 5) is 19.4. The van der Waals surface area contributed by atoms with E-state index < -0.39 is 5.82 Å². The van der Waals surface area contributed by atoms with Crippen LogP contribution < -0.4 is 19.5 Å². The predicted molar refractivity (Wildman–Crippen MR) is 120 cm³/mol. The summed E-state index contributed by atoms with van der Waals surface area (Å²) in [6.45, 7) is 3.96. The van der Waals surface area contributed by atoms with Gasteiger partial charge in [-0.15, -0.1) is 0 Å². The maximum absolute atomic E-state index is 14.6. The Hall–Kier alpha value is -3.68.